The Balaban J connectivity index is 1.61. The maximum atomic E-state index is 12.6. The summed E-state index contributed by atoms with van der Waals surface area (Å²) in [6.07, 6.45) is 3.25. The van der Waals surface area contributed by atoms with E-state index in [0.717, 1.165) is 15.9 Å². The van der Waals surface area contributed by atoms with Gasteiger partial charge in [-0.3, -0.25) is 10.1 Å². The van der Waals surface area contributed by atoms with Crippen LogP contribution in [0.3, 0.4) is 0 Å². The van der Waals surface area contributed by atoms with Crippen LogP contribution < -0.4 is 5.32 Å². The molecule has 1 amide bonds. The number of aryl methyl sites for hydroxylation is 1. The number of anilines is 1. The summed E-state index contributed by atoms with van der Waals surface area (Å²) in [5, 5.41) is 7.73. The molecule has 1 N–H and O–H groups in total. The Kier molecular flexibility index (Phi) is 3.77. The predicted octanol–water partition coefficient (Wildman–Crippen LogP) is 3.75. The van der Waals surface area contributed by atoms with Gasteiger partial charge in [-0.2, -0.15) is 5.10 Å². The quantitative estimate of drug-likeness (QED) is 0.611. The molecule has 0 fully saturated rings. The third-order valence-electron chi connectivity index (χ3n) is 3.89. The van der Waals surface area contributed by atoms with Crippen LogP contribution in [0, 0.1) is 13.8 Å². The number of hydrogen-bond donors (Lipinski definition) is 1. The second-order valence-electron chi connectivity index (χ2n) is 5.69. The van der Waals surface area contributed by atoms with Crippen molar-refractivity contribution in [1.82, 2.24) is 19.7 Å². The Morgan fingerprint density at radius 1 is 1.20 bits per heavy atom. The molecule has 7 heteroatoms. The van der Waals surface area contributed by atoms with E-state index in [1.54, 1.807) is 17.1 Å². The Morgan fingerprint density at radius 3 is 2.88 bits per heavy atom. The Bertz CT molecular complexity index is 1070. The van der Waals surface area contributed by atoms with Gasteiger partial charge in [0, 0.05) is 6.20 Å². The number of benzene rings is 1. The number of fused-ring (bicyclic) bond motifs is 1. The first-order chi connectivity index (χ1) is 12.1. The highest BCUT2D eigenvalue weighted by atomic mass is 32.1. The topological polar surface area (TPSA) is 72.7 Å². The summed E-state index contributed by atoms with van der Waals surface area (Å²) in [6.45, 7) is 3.88. The van der Waals surface area contributed by atoms with Gasteiger partial charge in [0.05, 0.1) is 27.7 Å². The van der Waals surface area contributed by atoms with Crippen molar-refractivity contribution in [3.8, 4) is 5.82 Å². The van der Waals surface area contributed by atoms with Gasteiger partial charge in [-0.05, 0) is 43.7 Å². The van der Waals surface area contributed by atoms with Gasteiger partial charge in [0.2, 0.25) is 0 Å². The molecule has 0 unspecified atom stereocenters. The van der Waals surface area contributed by atoms with Crippen LogP contribution in [0.2, 0.25) is 0 Å². The fourth-order valence-electron chi connectivity index (χ4n) is 2.59. The molecular formula is C18H15N5OS. The molecule has 0 saturated heterocycles. The van der Waals surface area contributed by atoms with Gasteiger partial charge in [-0.25, -0.2) is 14.6 Å². The van der Waals surface area contributed by atoms with E-state index >= 15 is 0 Å². The molecule has 0 bridgehead atoms. The lowest BCUT2D eigenvalue weighted by molar-refractivity contribution is 0.102. The average molecular weight is 349 g/mol. The van der Waals surface area contributed by atoms with Crippen LogP contribution >= 0.6 is 11.3 Å². The second kappa shape index (κ2) is 6.10. The average Bonchev–Trinajstić information content (AvgIpc) is 3.18. The van der Waals surface area contributed by atoms with Crippen molar-refractivity contribution in [3.05, 3.63) is 65.6 Å². The summed E-state index contributed by atoms with van der Waals surface area (Å²) in [5.41, 5.74) is 3.28. The number of thiazole rings is 1. The van der Waals surface area contributed by atoms with Crippen LogP contribution in [0.5, 0.6) is 0 Å². The van der Waals surface area contributed by atoms with Crippen LogP contribution in [0.25, 0.3) is 16.0 Å². The van der Waals surface area contributed by atoms with E-state index in [9.17, 15) is 4.79 Å². The molecule has 4 aromatic rings. The first-order valence-electron chi connectivity index (χ1n) is 7.76. The maximum absolute atomic E-state index is 12.6. The summed E-state index contributed by atoms with van der Waals surface area (Å²) in [5.74, 6) is 0.449. The summed E-state index contributed by atoms with van der Waals surface area (Å²) >= 11 is 1.46. The van der Waals surface area contributed by atoms with E-state index in [1.165, 1.54) is 16.9 Å². The first-order valence-corrected chi connectivity index (χ1v) is 8.58. The number of hydrogen-bond acceptors (Lipinski definition) is 5. The summed E-state index contributed by atoms with van der Waals surface area (Å²) in [4.78, 5) is 21.3. The Labute approximate surface area is 148 Å². The molecule has 1 aromatic carbocycles. The van der Waals surface area contributed by atoms with Gasteiger partial charge in [-0.15, -0.1) is 0 Å². The van der Waals surface area contributed by atoms with E-state index in [0.29, 0.717) is 16.5 Å². The lowest BCUT2D eigenvalue weighted by Gasteiger charge is -2.04. The molecule has 0 atom stereocenters. The van der Waals surface area contributed by atoms with Crippen LogP contribution in [0.1, 0.15) is 21.6 Å². The molecule has 4 rings (SSSR count). The Hall–Kier alpha value is -3.06. The fourth-order valence-corrected chi connectivity index (χ4v) is 3.55. The highest BCUT2D eigenvalue weighted by molar-refractivity contribution is 7.22. The maximum Gasteiger partial charge on any atom is 0.260 e. The number of nitrogens with one attached hydrogen (secondary N) is 1. The molecule has 25 heavy (non-hydrogen) atoms. The molecule has 0 spiro atoms. The van der Waals surface area contributed by atoms with Crippen LogP contribution in [-0.4, -0.2) is 25.7 Å². The zero-order valence-electron chi connectivity index (χ0n) is 13.7. The zero-order chi connectivity index (χ0) is 17.4. The lowest BCUT2D eigenvalue weighted by Crippen LogP contribution is -2.13. The summed E-state index contributed by atoms with van der Waals surface area (Å²) in [7, 11) is 0. The van der Waals surface area contributed by atoms with E-state index in [2.05, 4.69) is 26.4 Å². The van der Waals surface area contributed by atoms with Crippen LogP contribution in [0.15, 0.2) is 48.8 Å². The summed E-state index contributed by atoms with van der Waals surface area (Å²) < 4.78 is 2.70. The number of nitrogens with zero attached hydrogens (tertiary/aromatic N) is 4. The van der Waals surface area contributed by atoms with Crippen molar-refractivity contribution in [2.45, 2.75) is 13.8 Å². The van der Waals surface area contributed by atoms with Crippen molar-refractivity contribution in [2.75, 3.05) is 5.32 Å². The third kappa shape index (κ3) is 2.89. The number of pyridine rings is 1. The normalized spacial score (nSPS) is 11.0. The van der Waals surface area contributed by atoms with E-state index in [-0.39, 0.29) is 5.91 Å². The van der Waals surface area contributed by atoms with E-state index in [4.69, 9.17) is 0 Å². The lowest BCUT2D eigenvalue weighted by atomic mass is 10.2. The first kappa shape index (κ1) is 15.5. The van der Waals surface area contributed by atoms with Crippen molar-refractivity contribution in [2.24, 2.45) is 0 Å². The van der Waals surface area contributed by atoms with E-state index < -0.39 is 0 Å². The molecule has 6 nitrogen and oxygen atoms in total. The Morgan fingerprint density at radius 2 is 2.08 bits per heavy atom. The number of amides is 1. The molecule has 0 saturated carbocycles. The number of carbonyl (C=O) groups is 1. The van der Waals surface area contributed by atoms with Crippen molar-refractivity contribution in [1.29, 1.82) is 0 Å². The summed E-state index contributed by atoms with van der Waals surface area (Å²) in [6, 6.07) is 11.6. The minimum Gasteiger partial charge on any atom is -0.298 e. The number of aromatic nitrogens is 4. The monoisotopic (exact) mass is 349 g/mol. The van der Waals surface area contributed by atoms with Crippen molar-refractivity contribution in [3.63, 3.8) is 0 Å². The van der Waals surface area contributed by atoms with Gasteiger partial charge < -0.3 is 0 Å². The minimum absolute atomic E-state index is 0.226. The third-order valence-corrected chi connectivity index (χ3v) is 4.82. The van der Waals surface area contributed by atoms with Gasteiger partial charge in [0.15, 0.2) is 10.9 Å². The van der Waals surface area contributed by atoms with Crippen LogP contribution in [0.4, 0.5) is 5.13 Å². The fraction of sp³-hybridized carbons (Fsp3) is 0.111. The highest BCUT2D eigenvalue weighted by Crippen LogP contribution is 2.27. The zero-order valence-corrected chi connectivity index (χ0v) is 14.5. The highest BCUT2D eigenvalue weighted by Gasteiger charge is 2.17. The smallest absolute Gasteiger partial charge is 0.260 e. The molecular weight excluding hydrogens is 334 g/mol. The standard InChI is InChI=1S/C18H15N5OS/c1-11-6-7-14-15(9-11)25-18(21-14)22-17(24)13-10-20-23(12(13)2)16-5-3-4-8-19-16/h3-10H,1-2H3,(H,21,22,24). The number of carbonyl (C=O) groups excluding carboxylic acids is 1. The van der Waals surface area contributed by atoms with E-state index in [1.807, 2.05) is 44.2 Å². The predicted molar refractivity (Wildman–Crippen MR) is 98.4 cm³/mol. The minimum atomic E-state index is -0.226. The molecule has 0 radical (unpaired) electrons. The largest absolute Gasteiger partial charge is 0.298 e. The van der Waals surface area contributed by atoms with Crippen molar-refractivity contribution >= 4 is 32.6 Å². The van der Waals surface area contributed by atoms with Gasteiger partial charge in [0.1, 0.15) is 0 Å². The molecule has 0 aliphatic heterocycles. The molecule has 0 aliphatic carbocycles. The molecule has 3 aromatic heterocycles. The van der Waals surface area contributed by atoms with Crippen LogP contribution in [-0.2, 0) is 0 Å². The molecule has 0 aliphatic rings. The molecule has 124 valence electrons. The SMILES string of the molecule is Cc1ccc2nc(NC(=O)c3cnn(-c4ccccn4)c3C)sc2c1. The van der Waals surface area contributed by atoms with Gasteiger partial charge in [0.25, 0.3) is 5.91 Å². The number of rotatable bonds is 3. The van der Waals surface area contributed by atoms with Crippen molar-refractivity contribution < 1.29 is 4.79 Å². The van der Waals surface area contributed by atoms with Gasteiger partial charge in [-0.1, -0.05) is 23.5 Å². The molecule has 3 heterocycles. The van der Waals surface area contributed by atoms with Gasteiger partial charge >= 0.3 is 0 Å². The second-order valence-corrected chi connectivity index (χ2v) is 6.72.